The number of carboxylic acid groups (broad SMARTS) is 1. The van der Waals surface area contributed by atoms with Crippen LogP contribution in [0.15, 0.2) is 12.1 Å². The molecule has 1 saturated carbocycles. The summed E-state index contributed by atoms with van der Waals surface area (Å²) in [6.07, 6.45) is 1.56. The highest BCUT2D eigenvalue weighted by atomic mass is 35.5. The van der Waals surface area contributed by atoms with Crippen molar-refractivity contribution in [3.05, 3.63) is 28.5 Å². The largest absolute Gasteiger partial charge is 0.506 e. The van der Waals surface area contributed by atoms with Crippen molar-refractivity contribution < 1.29 is 19.4 Å². The number of hydrogen-bond acceptors (Lipinski definition) is 2. The third kappa shape index (κ3) is 1.37. The standard InChI is InChI=1S/C11H10ClFO3/c12-8-7(14)3-2-6(9(8)13)11(10(15)16)4-1-5-11/h2-3,14H,1,4-5H2,(H,15,16). The van der Waals surface area contributed by atoms with Crippen LogP contribution in [0.1, 0.15) is 24.8 Å². The van der Waals surface area contributed by atoms with E-state index in [4.69, 9.17) is 16.7 Å². The summed E-state index contributed by atoms with van der Waals surface area (Å²) in [5, 5.41) is 17.9. The van der Waals surface area contributed by atoms with Gasteiger partial charge in [0.2, 0.25) is 0 Å². The summed E-state index contributed by atoms with van der Waals surface area (Å²) in [5.41, 5.74) is -1.10. The molecule has 3 nitrogen and oxygen atoms in total. The van der Waals surface area contributed by atoms with E-state index < -0.39 is 22.2 Å². The van der Waals surface area contributed by atoms with Crippen LogP contribution in [0.3, 0.4) is 0 Å². The molecule has 16 heavy (non-hydrogen) atoms. The van der Waals surface area contributed by atoms with E-state index in [2.05, 4.69) is 0 Å². The highest BCUT2D eigenvalue weighted by molar-refractivity contribution is 6.32. The molecule has 1 aliphatic carbocycles. The van der Waals surface area contributed by atoms with Gasteiger partial charge >= 0.3 is 5.97 Å². The summed E-state index contributed by atoms with van der Waals surface area (Å²) in [5.74, 6) is -2.24. The predicted octanol–water partition coefficient (Wildman–Crippen LogP) is 2.69. The van der Waals surface area contributed by atoms with Crippen molar-refractivity contribution in [3.8, 4) is 5.75 Å². The van der Waals surface area contributed by atoms with Crippen LogP contribution in [-0.4, -0.2) is 16.2 Å². The maximum absolute atomic E-state index is 13.8. The quantitative estimate of drug-likeness (QED) is 0.841. The Bertz CT molecular complexity index is 455. The van der Waals surface area contributed by atoms with E-state index in [1.54, 1.807) is 0 Å². The summed E-state index contributed by atoms with van der Waals surface area (Å²) in [4.78, 5) is 11.2. The molecule has 2 N–H and O–H groups in total. The van der Waals surface area contributed by atoms with Gasteiger partial charge in [-0.05, 0) is 18.9 Å². The van der Waals surface area contributed by atoms with Crippen molar-refractivity contribution in [1.82, 2.24) is 0 Å². The minimum atomic E-state index is -1.17. The molecule has 0 radical (unpaired) electrons. The molecular formula is C11H10ClFO3. The number of carbonyl (C=O) groups is 1. The van der Waals surface area contributed by atoms with Gasteiger partial charge < -0.3 is 10.2 Å². The third-order valence-electron chi connectivity index (χ3n) is 3.19. The molecule has 2 rings (SSSR count). The smallest absolute Gasteiger partial charge is 0.314 e. The van der Waals surface area contributed by atoms with Crippen LogP contribution in [0, 0.1) is 5.82 Å². The number of hydrogen-bond donors (Lipinski definition) is 2. The highest BCUT2D eigenvalue weighted by Crippen LogP contribution is 2.46. The molecule has 1 fully saturated rings. The number of carboxylic acids is 1. The second kappa shape index (κ2) is 3.63. The molecule has 0 spiro atoms. The SMILES string of the molecule is O=C(O)C1(c2ccc(O)c(Cl)c2F)CCC1. The summed E-state index contributed by atoms with van der Waals surface area (Å²) in [6, 6.07) is 2.52. The Kier molecular flexibility index (Phi) is 2.54. The Hall–Kier alpha value is -1.29. The normalized spacial score (nSPS) is 17.9. The van der Waals surface area contributed by atoms with Crippen LogP contribution in [0.5, 0.6) is 5.75 Å². The average Bonchev–Trinajstić information content (AvgIpc) is 2.16. The van der Waals surface area contributed by atoms with E-state index in [9.17, 15) is 14.3 Å². The fourth-order valence-electron chi connectivity index (χ4n) is 2.04. The van der Waals surface area contributed by atoms with Gasteiger partial charge in [-0.3, -0.25) is 4.79 Å². The van der Waals surface area contributed by atoms with Crippen LogP contribution >= 0.6 is 11.6 Å². The molecule has 1 aliphatic rings. The summed E-state index contributed by atoms with van der Waals surface area (Å²) in [7, 11) is 0. The number of aliphatic carboxylic acids is 1. The fourth-order valence-corrected chi connectivity index (χ4v) is 2.20. The summed E-state index contributed by atoms with van der Waals surface area (Å²) >= 11 is 5.56. The van der Waals surface area contributed by atoms with Crippen molar-refractivity contribution >= 4 is 17.6 Å². The van der Waals surface area contributed by atoms with Crippen LogP contribution < -0.4 is 0 Å². The van der Waals surface area contributed by atoms with E-state index >= 15 is 0 Å². The second-order valence-corrected chi connectivity index (χ2v) is 4.38. The lowest BCUT2D eigenvalue weighted by molar-refractivity contribution is -0.147. The molecule has 0 aliphatic heterocycles. The summed E-state index contributed by atoms with van der Waals surface area (Å²) < 4.78 is 13.8. The van der Waals surface area contributed by atoms with Gasteiger partial charge in [0.1, 0.15) is 16.6 Å². The monoisotopic (exact) mass is 244 g/mol. The highest BCUT2D eigenvalue weighted by Gasteiger charge is 2.48. The zero-order valence-corrected chi connectivity index (χ0v) is 9.09. The van der Waals surface area contributed by atoms with Crippen LogP contribution in [0.4, 0.5) is 4.39 Å². The van der Waals surface area contributed by atoms with Gasteiger partial charge in [-0.15, -0.1) is 0 Å². The first-order valence-corrected chi connectivity index (χ1v) is 5.28. The Balaban J connectivity index is 2.56. The molecule has 0 amide bonds. The fraction of sp³-hybridized carbons (Fsp3) is 0.364. The number of halogens is 2. The maximum Gasteiger partial charge on any atom is 0.314 e. The first-order chi connectivity index (χ1) is 7.49. The minimum absolute atomic E-state index is 0.0639. The van der Waals surface area contributed by atoms with Gasteiger partial charge in [-0.1, -0.05) is 24.1 Å². The number of phenols is 1. The van der Waals surface area contributed by atoms with Gasteiger partial charge in [0.25, 0.3) is 0 Å². The molecule has 0 bridgehead atoms. The Morgan fingerprint density at radius 3 is 2.50 bits per heavy atom. The molecule has 0 heterocycles. The van der Waals surface area contributed by atoms with Gasteiger partial charge in [-0.25, -0.2) is 4.39 Å². The minimum Gasteiger partial charge on any atom is -0.506 e. The molecular weight excluding hydrogens is 235 g/mol. The van der Waals surface area contributed by atoms with Crippen molar-refractivity contribution in [3.63, 3.8) is 0 Å². The van der Waals surface area contributed by atoms with Crippen molar-refractivity contribution in [1.29, 1.82) is 0 Å². The summed E-state index contributed by atoms with van der Waals surface area (Å²) in [6.45, 7) is 0. The van der Waals surface area contributed by atoms with E-state index in [1.807, 2.05) is 0 Å². The molecule has 0 atom stereocenters. The number of aromatic hydroxyl groups is 1. The van der Waals surface area contributed by atoms with Crippen molar-refractivity contribution in [2.45, 2.75) is 24.7 Å². The lowest BCUT2D eigenvalue weighted by atomic mass is 9.64. The molecule has 0 saturated heterocycles. The van der Waals surface area contributed by atoms with Gasteiger partial charge in [0, 0.05) is 5.56 Å². The Morgan fingerprint density at radius 2 is 2.06 bits per heavy atom. The number of benzene rings is 1. The molecule has 86 valence electrons. The van der Waals surface area contributed by atoms with Crippen molar-refractivity contribution in [2.24, 2.45) is 0 Å². The molecule has 1 aromatic rings. The average molecular weight is 245 g/mol. The van der Waals surface area contributed by atoms with Gasteiger partial charge in [0.15, 0.2) is 0 Å². The number of rotatable bonds is 2. The van der Waals surface area contributed by atoms with Crippen LogP contribution in [-0.2, 0) is 10.2 Å². The lowest BCUT2D eigenvalue weighted by Crippen LogP contribution is -2.43. The van der Waals surface area contributed by atoms with E-state index in [1.165, 1.54) is 12.1 Å². The molecule has 5 heteroatoms. The molecule has 0 aromatic heterocycles. The van der Waals surface area contributed by atoms with E-state index in [0.29, 0.717) is 12.8 Å². The van der Waals surface area contributed by atoms with Crippen LogP contribution in [0.2, 0.25) is 5.02 Å². The molecule has 0 unspecified atom stereocenters. The second-order valence-electron chi connectivity index (χ2n) is 4.00. The zero-order chi connectivity index (χ0) is 11.9. The maximum atomic E-state index is 13.8. The topological polar surface area (TPSA) is 57.5 Å². The van der Waals surface area contributed by atoms with Crippen molar-refractivity contribution in [2.75, 3.05) is 0 Å². The molecule has 1 aromatic carbocycles. The Morgan fingerprint density at radius 1 is 1.44 bits per heavy atom. The zero-order valence-electron chi connectivity index (χ0n) is 8.33. The predicted molar refractivity (Wildman–Crippen MR) is 56.2 cm³/mol. The van der Waals surface area contributed by atoms with Gasteiger partial charge in [0.05, 0.1) is 5.41 Å². The van der Waals surface area contributed by atoms with Crippen LogP contribution in [0.25, 0.3) is 0 Å². The third-order valence-corrected chi connectivity index (χ3v) is 3.55. The first-order valence-electron chi connectivity index (χ1n) is 4.90. The number of phenolic OH excluding ortho intramolecular Hbond substituents is 1. The van der Waals surface area contributed by atoms with Gasteiger partial charge in [-0.2, -0.15) is 0 Å². The van der Waals surface area contributed by atoms with E-state index in [-0.39, 0.29) is 11.3 Å². The van der Waals surface area contributed by atoms with E-state index in [0.717, 1.165) is 6.42 Å². The lowest BCUT2D eigenvalue weighted by Gasteiger charge is -2.38. The Labute approximate surface area is 96.5 Å². The first kappa shape index (κ1) is 11.2.